The summed E-state index contributed by atoms with van der Waals surface area (Å²) in [5.74, 6) is -1.31. The Hall–Kier alpha value is -2.95. The molecule has 5 heteroatoms. The lowest BCUT2D eigenvalue weighted by Gasteiger charge is -2.12. The van der Waals surface area contributed by atoms with Crippen molar-refractivity contribution in [3.63, 3.8) is 0 Å². The lowest BCUT2D eigenvalue weighted by Crippen LogP contribution is -2.34. The molecular weight excluding hydrogens is 306 g/mol. The van der Waals surface area contributed by atoms with Gasteiger partial charge in [0.05, 0.1) is 0 Å². The summed E-state index contributed by atoms with van der Waals surface area (Å²) < 4.78 is 5.07. The highest BCUT2D eigenvalue weighted by Gasteiger charge is 2.19. The molecule has 0 heterocycles. The van der Waals surface area contributed by atoms with Crippen LogP contribution in [-0.4, -0.2) is 30.3 Å². The number of carbonyl (C=O) groups excluding carboxylic acids is 3. The van der Waals surface area contributed by atoms with E-state index in [2.05, 4.69) is 5.32 Å². The minimum Gasteiger partial charge on any atom is -0.453 e. The van der Waals surface area contributed by atoms with Crippen LogP contribution >= 0.6 is 0 Å². The Morgan fingerprint density at radius 3 is 2.21 bits per heavy atom. The van der Waals surface area contributed by atoms with Crippen molar-refractivity contribution in [3.8, 4) is 0 Å². The molecule has 0 saturated heterocycles. The van der Waals surface area contributed by atoms with Crippen LogP contribution in [-0.2, 0) is 9.53 Å². The normalized spacial score (nSPS) is 11.4. The van der Waals surface area contributed by atoms with Gasteiger partial charge in [-0.05, 0) is 26.0 Å². The number of hydrogen-bond acceptors (Lipinski definition) is 4. The van der Waals surface area contributed by atoms with Crippen molar-refractivity contribution in [2.75, 3.05) is 6.54 Å². The van der Waals surface area contributed by atoms with E-state index in [1.165, 1.54) is 6.92 Å². The Morgan fingerprint density at radius 2 is 1.58 bits per heavy atom. The van der Waals surface area contributed by atoms with Gasteiger partial charge in [-0.1, -0.05) is 48.0 Å². The summed E-state index contributed by atoms with van der Waals surface area (Å²) in [7, 11) is 0. The van der Waals surface area contributed by atoms with Crippen LogP contribution in [0.15, 0.2) is 54.6 Å². The fraction of sp³-hybridized carbons (Fsp3) is 0.211. The summed E-state index contributed by atoms with van der Waals surface area (Å²) in [6.45, 7) is 3.14. The van der Waals surface area contributed by atoms with Gasteiger partial charge in [0.25, 0.3) is 5.91 Å². The first-order valence-corrected chi connectivity index (χ1v) is 7.61. The Morgan fingerprint density at radius 1 is 0.958 bits per heavy atom. The Bertz CT molecular complexity index is 723. The van der Waals surface area contributed by atoms with Crippen molar-refractivity contribution in [1.82, 2.24) is 5.32 Å². The van der Waals surface area contributed by atoms with Crippen LogP contribution in [0.5, 0.6) is 0 Å². The highest BCUT2D eigenvalue weighted by atomic mass is 16.5. The molecule has 1 atom stereocenters. The summed E-state index contributed by atoms with van der Waals surface area (Å²) in [6, 6.07) is 15.6. The predicted molar refractivity (Wildman–Crippen MR) is 89.8 cm³/mol. The molecule has 5 nitrogen and oxygen atoms in total. The third-order valence-electron chi connectivity index (χ3n) is 3.44. The van der Waals surface area contributed by atoms with Crippen LogP contribution in [0.3, 0.4) is 0 Å². The lowest BCUT2D eigenvalue weighted by atomic mass is 10.1. The molecule has 24 heavy (non-hydrogen) atoms. The van der Waals surface area contributed by atoms with Crippen LogP contribution < -0.4 is 5.32 Å². The lowest BCUT2D eigenvalue weighted by molar-refractivity contribution is -0.145. The fourth-order valence-electron chi connectivity index (χ4n) is 2.09. The number of nitrogens with one attached hydrogen (secondary N) is 1. The quantitative estimate of drug-likeness (QED) is 0.654. The van der Waals surface area contributed by atoms with Gasteiger partial charge in [0.1, 0.15) is 6.54 Å². The predicted octanol–water partition coefficient (Wildman–Crippen LogP) is 2.54. The number of benzene rings is 2. The maximum atomic E-state index is 12.1. The van der Waals surface area contributed by atoms with Crippen LogP contribution in [0.1, 0.15) is 33.2 Å². The number of hydrogen-bond donors (Lipinski definition) is 1. The number of rotatable bonds is 6. The maximum Gasteiger partial charge on any atom is 0.326 e. The molecule has 1 amide bonds. The molecule has 0 aliphatic carbocycles. The van der Waals surface area contributed by atoms with Crippen LogP contribution in [0.4, 0.5) is 0 Å². The van der Waals surface area contributed by atoms with E-state index in [9.17, 15) is 14.4 Å². The molecule has 0 fully saturated rings. The van der Waals surface area contributed by atoms with Crippen molar-refractivity contribution < 1.29 is 19.1 Å². The summed E-state index contributed by atoms with van der Waals surface area (Å²) in [4.78, 5) is 35.8. The van der Waals surface area contributed by atoms with E-state index in [0.717, 1.165) is 5.56 Å². The van der Waals surface area contributed by atoms with E-state index in [-0.39, 0.29) is 18.2 Å². The zero-order valence-corrected chi connectivity index (χ0v) is 13.6. The van der Waals surface area contributed by atoms with Gasteiger partial charge in [0.2, 0.25) is 5.78 Å². The number of carbonyl (C=O) groups is 3. The van der Waals surface area contributed by atoms with E-state index in [1.807, 2.05) is 19.1 Å². The minimum absolute atomic E-state index is 0.284. The molecule has 0 aliphatic heterocycles. The molecule has 0 bridgehead atoms. The third-order valence-corrected chi connectivity index (χ3v) is 3.44. The van der Waals surface area contributed by atoms with Crippen LogP contribution in [0.25, 0.3) is 0 Å². The van der Waals surface area contributed by atoms with Gasteiger partial charge in [-0.3, -0.25) is 14.4 Å². The third kappa shape index (κ3) is 4.78. The second kappa shape index (κ2) is 8.06. The number of esters is 1. The summed E-state index contributed by atoms with van der Waals surface area (Å²) >= 11 is 0. The van der Waals surface area contributed by atoms with Gasteiger partial charge in [0.15, 0.2) is 6.10 Å². The van der Waals surface area contributed by atoms with Gasteiger partial charge in [-0.25, -0.2) is 0 Å². The van der Waals surface area contributed by atoms with E-state index in [1.54, 1.807) is 42.5 Å². The summed E-state index contributed by atoms with van der Waals surface area (Å²) in [5.41, 5.74) is 1.97. The van der Waals surface area contributed by atoms with Gasteiger partial charge in [-0.2, -0.15) is 0 Å². The molecule has 0 aromatic heterocycles. The molecule has 1 N–H and O–H groups in total. The summed E-state index contributed by atoms with van der Waals surface area (Å²) in [6.07, 6.45) is -0.906. The molecule has 0 spiro atoms. The highest BCUT2D eigenvalue weighted by Crippen LogP contribution is 2.06. The van der Waals surface area contributed by atoms with Crippen molar-refractivity contribution in [3.05, 3.63) is 71.3 Å². The maximum absolute atomic E-state index is 12.1. The first kappa shape index (κ1) is 17.4. The average molecular weight is 325 g/mol. The number of ether oxygens (including phenoxy) is 1. The van der Waals surface area contributed by atoms with Gasteiger partial charge in [0, 0.05) is 11.1 Å². The van der Waals surface area contributed by atoms with Crippen molar-refractivity contribution in [2.24, 2.45) is 0 Å². The second-order valence-electron chi connectivity index (χ2n) is 5.41. The SMILES string of the molecule is Cc1ccc(C(=O)NCC(=O)OC(C)C(=O)c2ccccc2)cc1. The van der Waals surface area contributed by atoms with E-state index in [0.29, 0.717) is 11.1 Å². The molecule has 2 rings (SSSR count). The van der Waals surface area contributed by atoms with Crippen molar-refractivity contribution >= 4 is 17.7 Å². The minimum atomic E-state index is -0.906. The topological polar surface area (TPSA) is 72.5 Å². The van der Waals surface area contributed by atoms with Crippen molar-refractivity contribution in [2.45, 2.75) is 20.0 Å². The molecule has 0 radical (unpaired) electrons. The average Bonchev–Trinajstić information content (AvgIpc) is 2.60. The smallest absolute Gasteiger partial charge is 0.326 e. The molecule has 1 unspecified atom stereocenters. The largest absolute Gasteiger partial charge is 0.453 e. The standard InChI is InChI=1S/C19H19NO4/c1-13-8-10-16(11-9-13)19(23)20-12-17(21)24-14(2)18(22)15-6-4-3-5-7-15/h3-11,14H,12H2,1-2H3,(H,20,23). The Balaban J connectivity index is 1.83. The molecule has 0 saturated carbocycles. The number of Topliss-reactive ketones (excluding diaryl/α,β-unsaturated/α-hetero) is 1. The fourth-order valence-corrected chi connectivity index (χ4v) is 2.09. The molecule has 0 aliphatic rings. The van der Waals surface area contributed by atoms with Gasteiger partial charge >= 0.3 is 5.97 Å². The molecular formula is C19H19NO4. The Labute approximate surface area is 140 Å². The van der Waals surface area contributed by atoms with Crippen molar-refractivity contribution in [1.29, 1.82) is 0 Å². The van der Waals surface area contributed by atoms with E-state index in [4.69, 9.17) is 4.74 Å². The van der Waals surface area contributed by atoms with Crippen LogP contribution in [0.2, 0.25) is 0 Å². The van der Waals surface area contributed by atoms with Crippen LogP contribution in [0, 0.1) is 6.92 Å². The zero-order chi connectivity index (χ0) is 17.5. The first-order chi connectivity index (χ1) is 11.5. The number of amides is 1. The number of ketones is 1. The van der Waals surface area contributed by atoms with Gasteiger partial charge in [-0.15, -0.1) is 0 Å². The zero-order valence-electron chi connectivity index (χ0n) is 13.6. The highest BCUT2D eigenvalue weighted by molar-refractivity contribution is 6.00. The first-order valence-electron chi connectivity index (χ1n) is 7.61. The van der Waals surface area contributed by atoms with E-state index >= 15 is 0 Å². The molecule has 2 aromatic rings. The second-order valence-corrected chi connectivity index (χ2v) is 5.41. The summed E-state index contributed by atoms with van der Waals surface area (Å²) in [5, 5.41) is 2.48. The van der Waals surface area contributed by atoms with Gasteiger partial charge < -0.3 is 10.1 Å². The molecule has 2 aromatic carbocycles. The monoisotopic (exact) mass is 325 g/mol. The molecule has 124 valence electrons. The Kier molecular flexibility index (Phi) is 5.84. The van der Waals surface area contributed by atoms with E-state index < -0.39 is 12.1 Å². The number of aryl methyl sites for hydroxylation is 1.